The Morgan fingerprint density at radius 2 is 1.96 bits per heavy atom. The number of hydrogen-bond donors (Lipinski definition) is 3. The van der Waals surface area contributed by atoms with Gasteiger partial charge in [-0.25, -0.2) is 0 Å². The van der Waals surface area contributed by atoms with E-state index < -0.39 is 5.91 Å². The van der Waals surface area contributed by atoms with Crippen LogP contribution in [0.4, 0.5) is 22.1 Å². The minimum atomic E-state index is -0.420. The topological polar surface area (TPSA) is 100 Å². The number of nitrogens with two attached hydrogens (primary N) is 1. The molecule has 1 aromatic heterocycles. The summed E-state index contributed by atoms with van der Waals surface area (Å²) in [6.07, 6.45) is 0. The third-order valence-electron chi connectivity index (χ3n) is 3.70. The number of thiophene rings is 1. The number of para-hydroxylation sites is 1. The molecule has 0 aliphatic rings. The van der Waals surface area contributed by atoms with Crippen LogP contribution in [0, 0.1) is 11.3 Å². The fourth-order valence-electron chi connectivity index (χ4n) is 2.40. The lowest BCUT2D eigenvalue weighted by Crippen LogP contribution is -2.12. The Morgan fingerprint density at radius 3 is 2.59 bits per heavy atom. The molecular weight excluding hydrogens is 384 g/mol. The lowest BCUT2D eigenvalue weighted by Gasteiger charge is -2.07. The second-order valence-electron chi connectivity index (χ2n) is 5.46. The SMILES string of the molecule is COc1ccc(NC(=O)c2sc(Nc3ccccc3)c(C#N)c2N)cc1Cl. The molecule has 0 unspecified atom stereocenters. The van der Waals surface area contributed by atoms with Crippen molar-refractivity contribution in [2.45, 2.75) is 0 Å². The van der Waals surface area contributed by atoms with E-state index in [9.17, 15) is 10.1 Å². The number of benzene rings is 2. The number of rotatable bonds is 5. The fourth-order valence-corrected chi connectivity index (χ4v) is 3.64. The molecule has 0 radical (unpaired) electrons. The molecule has 4 N–H and O–H groups in total. The number of hydrogen-bond acceptors (Lipinski definition) is 6. The first-order valence-corrected chi connectivity index (χ1v) is 9.02. The zero-order valence-electron chi connectivity index (χ0n) is 14.2. The Labute approximate surface area is 165 Å². The largest absolute Gasteiger partial charge is 0.495 e. The maximum atomic E-state index is 12.6. The van der Waals surface area contributed by atoms with Gasteiger partial charge in [0.05, 0.1) is 17.8 Å². The average molecular weight is 399 g/mol. The normalized spacial score (nSPS) is 10.1. The number of methoxy groups -OCH3 is 1. The van der Waals surface area contributed by atoms with E-state index in [1.54, 1.807) is 18.2 Å². The minimum absolute atomic E-state index is 0.137. The molecule has 2 aromatic carbocycles. The molecule has 0 bridgehead atoms. The van der Waals surface area contributed by atoms with Crippen molar-refractivity contribution in [1.29, 1.82) is 5.26 Å². The summed E-state index contributed by atoms with van der Waals surface area (Å²) >= 11 is 7.20. The molecule has 6 nitrogen and oxygen atoms in total. The first-order chi connectivity index (χ1) is 13.0. The Kier molecular flexibility index (Phi) is 5.50. The van der Waals surface area contributed by atoms with E-state index in [0.717, 1.165) is 17.0 Å². The average Bonchev–Trinajstić information content (AvgIpc) is 2.98. The van der Waals surface area contributed by atoms with E-state index in [0.29, 0.717) is 21.5 Å². The van der Waals surface area contributed by atoms with Gasteiger partial charge < -0.3 is 21.1 Å². The van der Waals surface area contributed by atoms with E-state index in [-0.39, 0.29) is 16.1 Å². The van der Waals surface area contributed by atoms with Crippen LogP contribution in [0.5, 0.6) is 5.75 Å². The number of nitriles is 1. The van der Waals surface area contributed by atoms with Crippen molar-refractivity contribution < 1.29 is 9.53 Å². The summed E-state index contributed by atoms with van der Waals surface area (Å²) in [5.41, 5.74) is 7.70. The monoisotopic (exact) mass is 398 g/mol. The molecule has 3 rings (SSSR count). The number of carbonyl (C=O) groups is 1. The summed E-state index contributed by atoms with van der Waals surface area (Å²) < 4.78 is 5.09. The first-order valence-electron chi connectivity index (χ1n) is 7.82. The van der Waals surface area contributed by atoms with Crippen molar-refractivity contribution >= 4 is 50.9 Å². The number of nitrogens with one attached hydrogen (secondary N) is 2. The fraction of sp³-hybridized carbons (Fsp3) is 0.0526. The zero-order valence-corrected chi connectivity index (χ0v) is 15.8. The molecule has 27 heavy (non-hydrogen) atoms. The molecule has 1 amide bonds. The Hall–Kier alpha value is -3.21. The minimum Gasteiger partial charge on any atom is -0.495 e. The van der Waals surface area contributed by atoms with Crippen molar-refractivity contribution in [2.75, 3.05) is 23.5 Å². The highest BCUT2D eigenvalue weighted by Gasteiger charge is 2.21. The van der Waals surface area contributed by atoms with Crippen LogP contribution in [-0.2, 0) is 0 Å². The first kappa shape index (κ1) is 18.6. The predicted molar refractivity (Wildman–Crippen MR) is 109 cm³/mol. The molecular formula is C19H15ClN4O2S. The molecule has 3 aromatic rings. The van der Waals surface area contributed by atoms with Crippen LogP contribution >= 0.6 is 22.9 Å². The molecule has 0 atom stereocenters. The third kappa shape index (κ3) is 3.97. The number of nitrogens with zero attached hydrogens (tertiary/aromatic N) is 1. The smallest absolute Gasteiger partial charge is 0.267 e. The summed E-state index contributed by atoms with van der Waals surface area (Å²) in [5.74, 6) is 0.0859. The van der Waals surface area contributed by atoms with Gasteiger partial charge >= 0.3 is 0 Å². The number of carbonyl (C=O) groups excluding carboxylic acids is 1. The van der Waals surface area contributed by atoms with Gasteiger partial charge in [-0.15, -0.1) is 11.3 Å². The lowest BCUT2D eigenvalue weighted by molar-refractivity contribution is 0.103. The highest BCUT2D eigenvalue weighted by Crippen LogP contribution is 2.37. The van der Waals surface area contributed by atoms with Crippen LogP contribution in [-0.4, -0.2) is 13.0 Å². The second-order valence-corrected chi connectivity index (χ2v) is 6.88. The highest BCUT2D eigenvalue weighted by atomic mass is 35.5. The van der Waals surface area contributed by atoms with E-state index in [4.69, 9.17) is 22.1 Å². The number of anilines is 4. The Morgan fingerprint density at radius 1 is 1.22 bits per heavy atom. The van der Waals surface area contributed by atoms with E-state index in [2.05, 4.69) is 16.7 Å². The summed E-state index contributed by atoms with van der Waals surface area (Å²) in [6, 6.07) is 16.3. The number of nitrogen functional groups attached to an aromatic ring is 1. The van der Waals surface area contributed by atoms with Crippen molar-refractivity contribution in [2.24, 2.45) is 0 Å². The summed E-state index contributed by atoms with van der Waals surface area (Å²) in [6.45, 7) is 0. The van der Waals surface area contributed by atoms with Crippen molar-refractivity contribution in [3.63, 3.8) is 0 Å². The van der Waals surface area contributed by atoms with Gasteiger partial charge in [0.25, 0.3) is 5.91 Å². The molecule has 0 aliphatic heterocycles. The van der Waals surface area contributed by atoms with Crippen molar-refractivity contribution in [3.05, 3.63) is 64.0 Å². The van der Waals surface area contributed by atoms with Gasteiger partial charge in [0.1, 0.15) is 27.3 Å². The maximum Gasteiger partial charge on any atom is 0.267 e. The molecule has 0 saturated carbocycles. The molecule has 0 fully saturated rings. The predicted octanol–water partition coefficient (Wildman–Crippen LogP) is 4.86. The van der Waals surface area contributed by atoms with Gasteiger partial charge in [-0.2, -0.15) is 5.26 Å². The third-order valence-corrected chi connectivity index (χ3v) is 5.12. The summed E-state index contributed by atoms with van der Waals surface area (Å²) in [4.78, 5) is 12.9. The quantitative estimate of drug-likeness (QED) is 0.569. The van der Waals surface area contributed by atoms with Gasteiger partial charge in [0, 0.05) is 11.4 Å². The number of halogens is 1. The highest BCUT2D eigenvalue weighted by molar-refractivity contribution is 7.19. The van der Waals surface area contributed by atoms with Crippen LogP contribution in [0.2, 0.25) is 5.02 Å². The van der Waals surface area contributed by atoms with E-state index in [1.807, 2.05) is 30.3 Å². The van der Waals surface area contributed by atoms with E-state index >= 15 is 0 Å². The number of ether oxygens (including phenoxy) is 1. The summed E-state index contributed by atoms with van der Waals surface area (Å²) in [7, 11) is 1.51. The number of amides is 1. The van der Waals surface area contributed by atoms with Gasteiger partial charge in [-0.05, 0) is 30.3 Å². The molecule has 0 aliphatic carbocycles. The Bertz CT molecular complexity index is 1030. The molecule has 1 heterocycles. The van der Waals surface area contributed by atoms with Crippen LogP contribution < -0.4 is 21.1 Å². The molecule has 0 saturated heterocycles. The van der Waals surface area contributed by atoms with E-state index in [1.165, 1.54) is 7.11 Å². The van der Waals surface area contributed by atoms with Crippen molar-refractivity contribution in [1.82, 2.24) is 0 Å². The lowest BCUT2D eigenvalue weighted by atomic mass is 10.2. The van der Waals surface area contributed by atoms with Gasteiger partial charge in [0.15, 0.2) is 0 Å². The van der Waals surface area contributed by atoms with Gasteiger partial charge in [0.2, 0.25) is 0 Å². The Balaban J connectivity index is 1.87. The summed E-state index contributed by atoms with van der Waals surface area (Å²) in [5, 5.41) is 16.2. The van der Waals surface area contributed by atoms with Gasteiger partial charge in [-0.1, -0.05) is 29.8 Å². The second kappa shape index (κ2) is 7.99. The van der Waals surface area contributed by atoms with Crippen LogP contribution in [0.3, 0.4) is 0 Å². The molecule has 0 spiro atoms. The van der Waals surface area contributed by atoms with Crippen LogP contribution in [0.15, 0.2) is 48.5 Å². The van der Waals surface area contributed by atoms with Gasteiger partial charge in [-0.3, -0.25) is 4.79 Å². The standard InChI is InChI=1S/C19H15ClN4O2S/c1-26-15-8-7-12(9-14(15)20)23-18(25)17-16(22)13(10-21)19(27-17)24-11-5-3-2-4-6-11/h2-9,24H,22H2,1H3,(H,23,25). The zero-order chi connectivity index (χ0) is 19.4. The van der Waals surface area contributed by atoms with Crippen LogP contribution in [0.1, 0.15) is 15.2 Å². The molecule has 8 heteroatoms. The maximum absolute atomic E-state index is 12.6. The van der Waals surface area contributed by atoms with Crippen LogP contribution in [0.25, 0.3) is 0 Å². The molecule has 136 valence electrons. The van der Waals surface area contributed by atoms with Crippen molar-refractivity contribution in [3.8, 4) is 11.8 Å².